The van der Waals surface area contributed by atoms with Crippen LogP contribution in [0.5, 0.6) is 0 Å². The largest absolute Gasteiger partial charge is 0.393 e. The number of hydrogen-bond acceptors (Lipinski definition) is 5. The summed E-state index contributed by atoms with van der Waals surface area (Å²) in [4.78, 5) is 15.3. The highest BCUT2D eigenvalue weighted by molar-refractivity contribution is 7.92. The van der Waals surface area contributed by atoms with E-state index in [9.17, 15) is 18.3 Å². The molecular formula is C22H29N3O4S. The van der Waals surface area contributed by atoms with Crippen molar-refractivity contribution < 1.29 is 18.3 Å². The maximum atomic E-state index is 13.2. The van der Waals surface area contributed by atoms with E-state index in [1.165, 1.54) is 0 Å². The van der Waals surface area contributed by atoms with E-state index in [0.717, 1.165) is 5.56 Å². The van der Waals surface area contributed by atoms with E-state index >= 15 is 0 Å². The summed E-state index contributed by atoms with van der Waals surface area (Å²) >= 11 is 0. The van der Waals surface area contributed by atoms with Crippen molar-refractivity contribution in [2.45, 2.75) is 38.3 Å². The summed E-state index contributed by atoms with van der Waals surface area (Å²) in [7, 11) is -3.41. The molecule has 0 spiro atoms. The zero-order valence-corrected chi connectivity index (χ0v) is 17.9. The van der Waals surface area contributed by atoms with Gasteiger partial charge in [-0.15, -0.1) is 0 Å². The Balaban J connectivity index is 1.78. The van der Waals surface area contributed by atoms with Gasteiger partial charge >= 0.3 is 0 Å². The highest BCUT2D eigenvalue weighted by atomic mass is 32.2. The molecule has 1 aliphatic rings. The van der Waals surface area contributed by atoms with E-state index in [4.69, 9.17) is 0 Å². The third-order valence-electron chi connectivity index (χ3n) is 5.10. The summed E-state index contributed by atoms with van der Waals surface area (Å²) in [6, 6.07) is 15.8. The number of benzene rings is 2. The van der Waals surface area contributed by atoms with Crippen molar-refractivity contribution in [3.8, 4) is 0 Å². The first-order valence-electron chi connectivity index (χ1n) is 10.3. The van der Waals surface area contributed by atoms with Gasteiger partial charge in [-0.2, -0.15) is 0 Å². The second kappa shape index (κ2) is 10.1. The third kappa shape index (κ3) is 6.04. The minimum absolute atomic E-state index is 0.0421. The van der Waals surface area contributed by atoms with Gasteiger partial charge < -0.3 is 10.4 Å². The quantitative estimate of drug-likeness (QED) is 0.597. The average Bonchev–Trinajstić information content (AvgIpc) is 2.70. The Morgan fingerprint density at radius 2 is 1.77 bits per heavy atom. The first-order chi connectivity index (χ1) is 14.4. The zero-order valence-electron chi connectivity index (χ0n) is 17.1. The second-order valence-corrected chi connectivity index (χ2v) is 9.41. The Hall–Kier alpha value is -2.42. The average molecular weight is 432 g/mol. The molecule has 1 amide bonds. The molecule has 0 radical (unpaired) electrons. The van der Waals surface area contributed by atoms with Crippen molar-refractivity contribution in [2.75, 3.05) is 28.9 Å². The first-order valence-corrected chi connectivity index (χ1v) is 11.9. The molecule has 30 heavy (non-hydrogen) atoms. The van der Waals surface area contributed by atoms with Gasteiger partial charge in [-0.1, -0.05) is 43.3 Å². The topological polar surface area (TPSA) is 98.7 Å². The number of piperidine rings is 1. The highest BCUT2D eigenvalue weighted by Gasteiger charge is 2.30. The lowest BCUT2D eigenvalue weighted by molar-refractivity contribution is -0.122. The molecule has 8 heteroatoms. The van der Waals surface area contributed by atoms with E-state index in [1.54, 1.807) is 31.2 Å². The molecular weight excluding hydrogens is 402 g/mol. The molecule has 7 nitrogen and oxygen atoms in total. The van der Waals surface area contributed by atoms with Crippen molar-refractivity contribution in [3.05, 3.63) is 60.2 Å². The molecule has 0 unspecified atom stereocenters. The van der Waals surface area contributed by atoms with Gasteiger partial charge in [0.2, 0.25) is 15.9 Å². The molecule has 2 aromatic carbocycles. The van der Waals surface area contributed by atoms with Gasteiger partial charge in [-0.3, -0.25) is 14.4 Å². The summed E-state index contributed by atoms with van der Waals surface area (Å²) in [6.07, 6.45) is 1.46. The summed E-state index contributed by atoms with van der Waals surface area (Å²) in [5.41, 5.74) is 1.82. The van der Waals surface area contributed by atoms with Gasteiger partial charge in [0.1, 0.15) is 6.04 Å². The molecule has 3 N–H and O–H groups in total. The number of carbonyl (C=O) groups excluding carboxylic acids is 1. The van der Waals surface area contributed by atoms with Crippen LogP contribution in [0.4, 0.5) is 11.4 Å². The molecule has 0 aromatic heterocycles. The van der Waals surface area contributed by atoms with E-state index in [2.05, 4.69) is 14.9 Å². The van der Waals surface area contributed by atoms with Crippen LogP contribution in [0.1, 0.15) is 37.8 Å². The van der Waals surface area contributed by atoms with Gasteiger partial charge in [0, 0.05) is 18.8 Å². The Morgan fingerprint density at radius 3 is 2.43 bits per heavy atom. The predicted octanol–water partition coefficient (Wildman–Crippen LogP) is 2.97. The summed E-state index contributed by atoms with van der Waals surface area (Å²) in [6.45, 7) is 3.06. The number of amides is 1. The van der Waals surface area contributed by atoms with Crippen LogP contribution >= 0.6 is 0 Å². The number of carbonyl (C=O) groups is 1. The molecule has 1 atom stereocenters. The van der Waals surface area contributed by atoms with E-state index < -0.39 is 16.1 Å². The standard InChI is InChI=1S/C22H29N3O4S/c1-2-15-30(28,29)24-19-10-6-9-18(16-19)23-22(27)21(17-7-4-3-5-8-17)25-13-11-20(26)12-14-25/h3-10,16,20-21,24,26H,2,11-15H2,1H3,(H,23,27)/t21-/m0/s1. The Labute approximate surface area is 178 Å². The molecule has 1 fully saturated rings. The molecule has 3 rings (SSSR count). The lowest BCUT2D eigenvalue weighted by atomic mass is 9.99. The molecule has 0 aliphatic carbocycles. The van der Waals surface area contributed by atoms with Crippen LogP contribution in [0.2, 0.25) is 0 Å². The minimum Gasteiger partial charge on any atom is -0.393 e. The number of anilines is 2. The number of aliphatic hydroxyl groups is 1. The lowest BCUT2D eigenvalue weighted by Gasteiger charge is -2.35. The minimum atomic E-state index is -3.41. The SMILES string of the molecule is CCCS(=O)(=O)Nc1cccc(NC(=O)[C@H](c2ccccc2)N2CCC(O)CC2)c1. The molecule has 2 aromatic rings. The molecule has 162 valence electrons. The van der Waals surface area contributed by atoms with Gasteiger partial charge in [0.05, 0.1) is 17.5 Å². The molecule has 0 bridgehead atoms. The highest BCUT2D eigenvalue weighted by Crippen LogP contribution is 2.27. The summed E-state index contributed by atoms with van der Waals surface area (Å²) < 4.78 is 26.6. The van der Waals surface area contributed by atoms with Crippen LogP contribution in [-0.4, -0.2) is 49.3 Å². The van der Waals surface area contributed by atoms with E-state index in [1.807, 2.05) is 30.3 Å². The van der Waals surface area contributed by atoms with Crippen LogP contribution in [0, 0.1) is 0 Å². The fourth-order valence-corrected chi connectivity index (χ4v) is 4.80. The third-order valence-corrected chi connectivity index (χ3v) is 6.60. The Morgan fingerprint density at radius 1 is 1.10 bits per heavy atom. The van der Waals surface area contributed by atoms with Gasteiger partial charge in [-0.05, 0) is 43.0 Å². The number of nitrogens with zero attached hydrogens (tertiary/aromatic N) is 1. The Bertz CT molecular complexity index is 942. The van der Waals surface area contributed by atoms with Crippen molar-refractivity contribution in [2.24, 2.45) is 0 Å². The number of sulfonamides is 1. The first kappa shape index (κ1) is 22.3. The van der Waals surface area contributed by atoms with Gasteiger partial charge in [0.25, 0.3) is 0 Å². The maximum Gasteiger partial charge on any atom is 0.246 e. The number of aliphatic hydroxyl groups excluding tert-OH is 1. The second-order valence-electron chi connectivity index (χ2n) is 7.57. The number of nitrogens with one attached hydrogen (secondary N) is 2. The molecule has 0 saturated carbocycles. The van der Waals surface area contributed by atoms with E-state index in [-0.39, 0.29) is 17.8 Å². The predicted molar refractivity (Wildman–Crippen MR) is 119 cm³/mol. The van der Waals surface area contributed by atoms with Crippen molar-refractivity contribution in [3.63, 3.8) is 0 Å². The van der Waals surface area contributed by atoms with Crippen LogP contribution in [0.15, 0.2) is 54.6 Å². The summed E-state index contributed by atoms with van der Waals surface area (Å²) in [5.74, 6) is -0.147. The number of hydrogen-bond donors (Lipinski definition) is 3. The zero-order chi connectivity index (χ0) is 21.6. The Kier molecular flexibility index (Phi) is 7.47. The van der Waals surface area contributed by atoms with Crippen LogP contribution in [0.3, 0.4) is 0 Å². The van der Waals surface area contributed by atoms with Crippen molar-refractivity contribution in [1.29, 1.82) is 0 Å². The van der Waals surface area contributed by atoms with Crippen molar-refractivity contribution >= 4 is 27.3 Å². The summed E-state index contributed by atoms with van der Waals surface area (Å²) in [5, 5.41) is 12.8. The smallest absolute Gasteiger partial charge is 0.246 e. The number of likely N-dealkylation sites (tertiary alicyclic amines) is 1. The van der Waals surface area contributed by atoms with Crippen LogP contribution in [0.25, 0.3) is 0 Å². The molecule has 1 aliphatic heterocycles. The lowest BCUT2D eigenvalue weighted by Crippen LogP contribution is -2.43. The molecule has 1 saturated heterocycles. The van der Waals surface area contributed by atoms with Crippen molar-refractivity contribution in [1.82, 2.24) is 4.90 Å². The number of rotatable bonds is 8. The van der Waals surface area contributed by atoms with Crippen LogP contribution < -0.4 is 10.0 Å². The normalized spacial score (nSPS) is 16.7. The van der Waals surface area contributed by atoms with E-state index in [0.29, 0.717) is 43.7 Å². The maximum absolute atomic E-state index is 13.2. The van der Waals surface area contributed by atoms with Gasteiger partial charge in [0.15, 0.2) is 0 Å². The fraction of sp³-hybridized carbons (Fsp3) is 0.409. The fourth-order valence-electron chi connectivity index (χ4n) is 3.68. The molecule has 1 heterocycles. The monoisotopic (exact) mass is 431 g/mol. The van der Waals surface area contributed by atoms with Gasteiger partial charge in [-0.25, -0.2) is 8.42 Å². The van der Waals surface area contributed by atoms with Crippen LogP contribution in [-0.2, 0) is 14.8 Å².